The second-order valence-corrected chi connectivity index (χ2v) is 16.1. The lowest BCUT2D eigenvalue weighted by Crippen LogP contribution is -2.34. The van der Waals surface area contributed by atoms with Crippen molar-refractivity contribution in [3.63, 3.8) is 0 Å². The summed E-state index contributed by atoms with van der Waals surface area (Å²) in [4.78, 5) is 46.0. The van der Waals surface area contributed by atoms with Gasteiger partial charge in [0.05, 0.1) is 19.3 Å². The van der Waals surface area contributed by atoms with E-state index in [-0.39, 0.29) is 12.8 Å². The Morgan fingerprint density at radius 2 is 1.15 bits per heavy atom. The highest BCUT2D eigenvalue weighted by Crippen LogP contribution is 2.43. The predicted octanol–water partition coefficient (Wildman–Crippen LogP) is 10.7. The Kier molecular flexibility index (Phi) is 38.2. The first-order chi connectivity index (χ1) is 28.5. The molecule has 0 aliphatic rings. The van der Waals surface area contributed by atoms with Crippen molar-refractivity contribution in [1.29, 1.82) is 0 Å². The maximum Gasteiger partial charge on any atom is 0.472 e. The molecule has 0 fully saturated rings. The van der Waals surface area contributed by atoms with E-state index >= 15 is 0 Å². The van der Waals surface area contributed by atoms with Gasteiger partial charge in [-0.15, -0.1) is 0 Å². The minimum Gasteiger partial charge on any atom is -0.480 e. The number of carboxylic acid groups (broad SMARTS) is 1. The summed E-state index contributed by atoms with van der Waals surface area (Å²) in [5.74, 6) is -2.59. The zero-order valence-electron chi connectivity index (χ0n) is 36.2. The topological polar surface area (TPSA) is 192 Å². The van der Waals surface area contributed by atoms with Crippen LogP contribution in [0.15, 0.2) is 72.9 Å². The molecule has 59 heavy (non-hydrogen) atoms. The normalized spacial score (nSPS) is 14.9. The molecule has 0 rings (SSSR count). The summed E-state index contributed by atoms with van der Waals surface area (Å²) in [7, 11) is -4.77. The molecule has 12 nitrogen and oxygen atoms in total. The van der Waals surface area contributed by atoms with Crippen molar-refractivity contribution in [2.45, 2.75) is 180 Å². The standard InChI is InChI=1S/C46H78NO11P/c1-3-5-7-9-11-13-15-17-18-20-22-24-26-28-32-36-44(49)55-38-42(39-56-59(53,54)57-40-43(47)46(51)52)58-45(50)37-33-29-31-35-41(48)34-30-27-25-23-21-19-16-14-12-10-8-6-4-2/h6,8,12,14,19,21,25,27,29-31,34,41-43,48H,3-5,7,9-11,13,15-18,20,22-24,26,28,32-33,35-40,47H2,1-2H3,(H,51,52)(H,53,54)/b8-6-,14-12-,21-19-,27-25-,31-29-,34-30-/t41?,42-,43+/m1/s1. The van der Waals surface area contributed by atoms with Gasteiger partial charge in [0, 0.05) is 12.8 Å². The zero-order chi connectivity index (χ0) is 43.7. The molecule has 0 aromatic rings. The fourth-order valence-electron chi connectivity index (χ4n) is 5.59. The van der Waals surface area contributed by atoms with Crippen LogP contribution < -0.4 is 5.73 Å². The molecule has 13 heteroatoms. The van der Waals surface area contributed by atoms with E-state index in [0.29, 0.717) is 19.3 Å². The zero-order valence-corrected chi connectivity index (χ0v) is 37.1. The van der Waals surface area contributed by atoms with E-state index in [1.807, 2.05) is 12.2 Å². The first kappa shape index (κ1) is 55.9. The lowest BCUT2D eigenvalue weighted by Gasteiger charge is -2.20. The smallest absolute Gasteiger partial charge is 0.472 e. The lowest BCUT2D eigenvalue weighted by molar-refractivity contribution is -0.161. The SMILES string of the molecule is CC/C=C\C/C=C\C/C=C\C/C=C\C=C/C(O)C/C=C\CCC(=O)O[C@H](COC(=O)CCCCCCCCCCCCCCCCC)COP(=O)(O)OC[C@H](N)C(=O)O. The second kappa shape index (κ2) is 40.3. The summed E-state index contributed by atoms with van der Waals surface area (Å²) in [5.41, 5.74) is 5.32. The third kappa shape index (κ3) is 40.1. The number of carboxylic acids is 1. The molecular weight excluding hydrogens is 773 g/mol. The molecule has 0 aliphatic carbocycles. The number of carbonyl (C=O) groups is 3. The number of nitrogens with two attached hydrogens (primary N) is 1. The molecule has 0 bridgehead atoms. The fourth-order valence-corrected chi connectivity index (χ4v) is 6.36. The van der Waals surface area contributed by atoms with Crippen LogP contribution in [0.3, 0.4) is 0 Å². The van der Waals surface area contributed by atoms with Gasteiger partial charge in [0.1, 0.15) is 12.6 Å². The van der Waals surface area contributed by atoms with E-state index in [1.165, 1.54) is 70.6 Å². The molecule has 0 aliphatic heterocycles. The van der Waals surface area contributed by atoms with Crippen molar-refractivity contribution < 1.29 is 52.6 Å². The van der Waals surface area contributed by atoms with Gasteiger partial charge in [-0.05, 0) is 44.9 Å². The summed E-state index contributed by atoms with van der Waals surface area (Å²) in [5, 5.41) is 19.1. The molecule has 0 saturated heterocycles. The minimum absolute atomic E-state index is 0.0469. The Balaban J connectivity index is 4.58. The Hall–Kier alpha value is -3.12. The predicted molar refractivity (Wildman–Crippen MR) is 237 cm³/mol. The molecule has 0 heterocycles. The van der Waals surface area contributed by atoms with Crippen molar-refractivity contribution in [2.24, 2.45) is 5.73 Å². The molecule has 5 N–H and O–H groups in total. The van der Waals surface area contributed by atoms with Crippen molar-refractivity contribution >= 4 is 25.7 Å². The summed E-state index contributed by atoms with van der Waals surface area (Å²) < 4.78 is 32.5. The van der Waals surface area contributed by atoms with Crippen LogP contribution in [0.5, 0.6) is 0 Å². The lowest BCUT2D eigenvalue weighted by atomic mass is 10.0. The third-order valence-electron chi connectivity index (χ3n) is 9.06. The maximum absolute atomic E-state index is 12.6. The largest absolute Gasteiger partial charge is 0.480 e. The monoisotopic (exact) mass is 852 g/mol. The van der Waals surface area contributed by atoms with Gasteiger partial charge in [0.2, 0.25) is 0 Å². The first-order valence-electron chi connectivity index (χ1n) is 22.1. The first-order valence-corrected chi connectivity index (χ1v) is 23.6. The number of carbonyl (C=O) groups excluding carboxylic acids is 2. The Bertz CT molecular complexity index is 1290. The third-order valence-corrected chi connectivity index (χ3v) is 10.0. The molecule has 0 saturated carbocycles. The Morgan fingerprint density at radius 1 is 0.627 bits per heavy atom. The highest BCUT2D eigenvalue weighted by molar-refractivity contribution is 7.47. The molecule has 338 valence electrons. The van der Waals surface area contributed by atoms with Crippen molar-refractivity contribution in [1.82, 2.24) is 0 Å². The minimum atomic E-state index is -4.77. The van der Waals surface area contributed by atoms with Gasteiger partial charge in [-0.3, -0.25) is 23.4 Å². The number of phosphoric acid groups is 1. The number of ether oxygens (including phenoxy) is 2. The van der Waals surface area contributed by atoms with Crippen LogP contribution in [0.25, 0.3) is 0 Å². The number of aliphatic hydroxyl groups is 1. The quantitative estimate of drug-likeness (QED) is 0.0150. The van der Waals surface area contributed by atoms with Gasteiger partial charge in [0.25, 0.3) is 0 Å². The summed E-state index contributed by atoms with van der Waals surface area (Å²) in [6.45, 7) is 2.51. The summed E-state index contributed by atoms with van der Waals surface area (Å²) >= 11 is 0. The number of rotatable bonds is 40. The van der Waals surface area contributed by atoms with Crippen molar-refractivity contribution in [2.75, 3.05) is 19.8 Å². The van der Waals surface area contributed by atoms with E-state index < -0.39 is 63.8 Å². The molecule has 0 radical (unpaired) electrons. The van der Waals surface area contributed by atoms with E-state index in [1.54, 1.807) is 24.3 Å². The molecule has 0 spiro atoms. The van der Waals surface area contributed by atoms with Crippen LogP contribution in [-0.2, 0) is 37.5 Å². The van der Waals surface area contributed by atoms with Crippen molar-refractivity contribution in [3.8, 4) is 0 Å². The van der Waals surface area contributed by atoms with E-state index in [9.17, 15) is 28.9 Å². The summed E-state index contributed by atoms with van der Waals surface area (Å²) in [6, 6.07) is -1.55. The van der Waals surface area contributed by atoms with E-state index in [2.05, 4.69) is 54.8 Å². The summed E-state index contributed by atoms with van der Waals surface area (Å²) in [6.07, 6.45) is 44.3. The van der Waals surface area contributed by atoms with Crippen LogP contribution >= 0.6 is 7.82 Å². The van der Waals surface area contributed by atoms with Crippen LogP contribution in [0.4, 0.5) is 0 Å². The van der Waals surface area contributed by atoms with Crippen LogP contribution in [0.2, 0.25) is 0 Å². The Morgan fingerprint density at radius 3 is 1.71 bits per heavy atom. The number of hydrogen-bond donors (Lipinski definition) is 4. The number of phosphoric ester groups is 1. The van der Waals surface area contributed by atoms with Crippen LogP contribution in [0.1, 0.15) is 162 Å². The van der Waals surface area contributed by atoms with E-state index in [0.717, 1.165) is 44.9 Å². The van der Waals surface area contributed by atoms with Gasteiger partial charge in [-0.2, -0.15) is 0 Å². The van der Waals surface area contributed by atoms with Gasteiger partial charge >= 0.3 is 25.7 Å². The highest BCUT2D eigenvalue weighted by atomic mass is 31.2. The van der Waals surface area contributed by atoms with Gasteiger partial charge in [-0.25, -0.2) is 4.57 Å². The molecule has 0 amide bonds. The van der Waals surface area contributed by atoms with Crippen LogP contribution in [0, 0.1) is 0 Å². The highest BCUT2D eigenvalue weighted by Gasteiger charge is 2.28. The number of hydrogen-bond acceptors (Lipinski definition) is 10. The van der Waals surface area contributed by atoms with E-state index in [4.69, 9.17) is 24.8 Å². The molecule has 0 aromatic carbocycles. The van der Waals surface area contributed by atoms with Gasteiger partial charge in [-0.1, -0.05) is 177 Å². The fraction of sp³-hybridized carbons (Fsp3) is 0.674. The van der Waals surface area contributed by atoms with Crippen molar-refractivity contribution in [3.05, 3.63) is 72.9 Å². The molecule has 0 aromatic heterocycles. The number of aliphatic hydroxyl groups excluding tert-OH is 1. The number of aliphatic carboxylic acids is 1. The number of esters is 2. The van der Waals surface area contributed by atoms with Gasteiger partial charge < -0.3 is 30.3 Å². The molecular formula is C46H78NO11P. The number of allylic oxidation sites excluding steroid dienone is 10. The molecule has 2 unspecified atom stereocenters. The van der Waals surface area contributed by atoms with Gasteiger partial charge in [0.15, 0.2) is 6.10 Å². The second-order valence-electron chi connectivity index (χ2n) is 14.7. The number of unbranched alkanes of at least 4 members (excludes halogenated alkanes) is 14. The Labute approximate surface area is 355 Å². The molecule has 4 atom stereocenters. The average molecular weight is 852 g/mol. The average Bonchev–Trinajstić information content (AvgIpc) is 3.21. The van der Waals surface area contributed by atoms with Crippen LogP contribution in [-0.4, -0.2) is 71.1 Å². The maximum atomic E-state index is 12.6.